The summed E-state index contributed by atoms with van der Waals surface area (Å²) in [4.78, 5) is 9.71. The molecule has 0 radical (unpaired) electrons. The summed E-state index contributed by atoms with van der Waals surface area (Å²) < 4.78 is 4.75. The maximum absolute atomic E-state index is 5.51. The average molecular weight is 831 g/mol. The minimum absolute atomic E-state index is 0.776. The minimum atomic E-state index is 0.776. The number of thioether (sulfide) groups is 2. The fourth-order valence-corrected chi connectivity index (χ4v) is 11.0. The van der Waals surface area contributed by atoms with Gasteiger partial charge in [0.1, 0.15) is 24.3 Å². The van der Waals surface area contributed by atoms with Crippen LogP contribution in [0.5, 0.6) is 0 Å². The summed E-state index contributed by atoms with van der Waals surface area (Å²) in [5.74, 6) is 1.18. The number of rotatable bonds is 6. The number of hydrogen-bond acceptors (Lipinski definition) is 7. The second-order valence-electron chi connectivity index (χ2n) is 15.6. The number of fused-ring (bicyclic) bond motifs is 4. The van der Waals surface area contributed by atoms with Crippen LogP contribution in [-0.2, 0) is 0 Å². The predicted molar refractivity (Wildman–Crippen MR) is 255 cm³/mol. The third kappa shape index (κ3) is 6.84. The summed E-state index contributed by atoms with van der Waals surface area (Å²) in [6.45, 7) is 3.19. The van der Waals surface area contributed by atoms with E-state index in [-0.39, 0.29) is 0 Å². The Morgan fingerprint density at radius 2 is 1.08 bits per heavy atom. The van der Waals surface area contributed by atoms with Crippen LogP contribution in [0.4, 0.5) is 17.2 Å². The molecule has 0 amide bonds. The number of hydrogen-bond donors (Lipinski definition) is 0. The van der Waals surface area contributed by atoms with Crippen molar-refractivity contribution in [2.24, 2.45) is 5.10 Å². The molecule has 11 rings (SSSR count). The van der Waals surface area contributed by atoms with Crippen molar-refractivity contribution in [1.29, 1.82) is 0 Å². The van der Waals surface area contributed by atoms with Gasteiger partial charge >= 0.3 is 0 Å². The second kappa shape index (κ2) is 15.7. The van der Waals surface area contributed by atoms with Crippen molar-refractivity contribution in [1.82, 2.24) is 9.58 Å². The number of anilines is 3. The molecule has 0 bridgehead atoms. The van der Waals surface area contributed by atoms with Crippen LogP contribution in [-0.4, -0.2) is 49.9 Å². The lowest BCUT2D eigenvalue weighted by Crippen LogP contribution is -2.50. The fourth-order valence-electron chi connectivity index (χ4n) is 8.81. The minimum Gasteiger partial charge on any atom is -0.338 e. The normalized spacial score (nSPS) is 16.7. The van der Waals surface area contributed by atoms with Gasteiger partial charge in [-0.15, -0.1) is 0 Å². The van der Waals surface area contributed by atoms with Crippen molar-refractivity contribution in [3.63, 3.8) is 0 Å². The Morgan fingerprint density at radius 1 is 0.541 bits per heavy atom. The third-order valence-electron chi connectivity index (χ3n) is 11.9. The Bertz CT molecular complexity index is 3100. The van der Waals surface area contributed by atoms with Crippen molar-refractivity contribution >= 4 is 74.7 Å². The molecule has 1 fully saturated rings. The Morgan fingerprint density at radius 3 is 1.74 bits per heavy atom. The highest BCUT2D eigenvalue weighted by Crippen LogP contribution is 2.47. The molecule has 0 atom stereocenters. The first-order valence-electron chi connectivity index (χ1n) is 20.8. The number of para-hydroxylation sites is 6. The zero-order chi connectivity index (χ0) is 40.9. The summed E-state index contributed by atoms with van der Waals surface area (Å²) in [6.07, 6.45) is 4.70. The molecule has 0 N–H and O–H groups in total. The van der Waals surface area contributed by atoms with Gasteiger partial charge in [-0.25, -0.2) is 0 Å². The van der Waals surface area contributed by atoms with Gasteiger partial charge in [-0.05, 0) is 90.0 Å². The molecule has 5 heterocycles. The van der Waals surface area contributed by atoms with E-state index >= 15 is 0 Å². The Kier molecular flexibility index (Phi) is 9.63. The standard InChI is InChI=1S/C52H44N7S2/c1-54-45-25-13-15-27-47(45)60-51(54)35-37-33-49(58(39-17-5-3-6-18-39)43-23-11-9-21-41(37)43)53-57-31-29-56(30-32-57)50-34-38(36-52-55(2)46-26-14-16-28-48(46)61-52)42-22-10-12-24-44(42)59(50)40-19-7-4-8-20-40/h3-28,33-36H,29-32H2,1-2H3/q+1. The first kappa shape index (κ1) is 37.3. The molecule has 298 valence electrons. The topological polar surface area (TPSA) is 34.1 Å². The van der Waals surface area contributed by atoms with Gasteiger partial charge in [0, 0.05) is 46.4 Å². The molecule has 9 heteroatoms. The number of nitrogens with zero attached hydrogens (tertiary/aromatic N) is 7. The van der Waals surface area contributed by atoms with E-state index in [0.29, 0.717) is 0 Å². The van der Waals surface area contributed by atoms with Crippen LogP contribution in [0.2, 0.25) is 0 Å². The molecule has 8 aromatic rings. The zero-order valence-corrected chi connectivity index (χ0v) is 35.7. The molecule has 7 nitrogen and oxygen atoms in total. The molecular weight excluding hydrogens is 787 g/mol. The van der Waals surface area contributed by atoms with Gasteiger partial charge in [0.05, 0.1) is 40.0 Å². The van der Waals surface area contributed by atoms with Crippen molar-refractivity contribution in [2.45, 2.75) is 9.79 Å². The molecule has 3 aliphatic rings. The number of pyridine rings is 2. The molecule has 3 aliphatic heterocycles. The molecule has 0 aliphatic carbocycles. The highest BCUT2D eigenvalue weighted by molar-refractivity contribution is 8.04. The molecule has 2 aromatic heterocycles. The maximum atomic E-state index is 5.51. The summed E-state index contributed by atoms with van der Waals surface area (Å²) in [7, 11) is 4.33. The predicted octanol–water partition coefficient (Wildman–Crippen LogP) is 10.8. The fraction of sp³-hybridized carbons (Fsp3) is 0.115. The Labute approximate surface area is 364 Å². The van der Waals surface area contributed by atoms with Gasteiger partial charge in [0.25, 0.3) is 5.82 Å². The van der Waals surface area contributed by atoms with Gasteiger partial charge in [-0.2, -0.15) is 9.67 Å². The van der Waals surface area contributed by atoms with E-state index in [1.165, 1.54) is 58.9 Å². The van der Waals surface area contributed by atoms with E-state index in [4.69, 9.17) is 5.10 Å². The van der Waals surface area contributed by atoms with Gasteiger partial charge in [-0.1, -0.05) is 121 Å². The van der Waals surface area contributed by atoms with Crippen LogP contribution in [0.3, 0.4) is 0 Å². The lowest BCUT2D eigenvalue weighted by Gasteiger charge is -2.30. The highest BCUT2D eigenvalue weighted by Gasteiger charge is 2.30. The van der Waals surface area contributed by atoms with E-state index in [1.807, 2.05) is 23.5 Å². The van der Waals surface area contributed by atoms with Crippen LogP contribution < -0.4 is 24.8 Å². The van der Waals surface area contributed by atoms with Gasteiger partial charge in [0.2, 0.25) is 0 Å². The Balaban J connectivity index is 0.990. The first-order chi connectivity index (χ1) is 30.1. The summed E-state index contributed by atoms with van der Waals surface area (Å²) in [5, 5.41) is 12.6. The number of benzene rings is 6. The monoisotopic (exact) mass is 830 g/mol. The summed E-state index contributed by atoms with van der Waals surface area (Å²) in [5.41, 5.74) is 10.3. The van der Waals surface area contributed by atoms with Gasteiger partial charge < -0.3 is 9.80 Å². The number of aromatic nitrogens is 2. The van der Waals surface area contributed by atoms with Gasteiger partial charge in [0.15, 0.2) is 5.49 Å². The molecular formula is C52H44N7S2+. The van der Waals surface area contributed by atoms with Crippen LogP contribution in [0, 0.1) is 0 Å². The largest absolute Gasteiger partial charge is 0.338 e. The molecule has 61 heavy (non-hydrogen) atoms. The lowest BCUT2D eigenvalue weighted by atomic mass is 10.1. The number of piperazine rings is 1. The van der Waals surface area contributed by atoms with E-state index in [9.17, 15) is 0 Å². The molecule has 0 unspecified atom stereocenters. The maximum Gasteiger partial charge on any atom is 0.282 e. The van der Waals surface area contributed by atoms with Crippen LogP contribution >= 0.6 is 23.5 Å². The molecule has 0 saturated carbocycles. The highest BCUT2D eigenvalue weighted by atomic mass is 32.2. The second-order valence-corrected chi connectivity index (χ2v) is 17.7. The summed E-state index contributed by atoms with van der Waals surface area (Å²) in [6, 6.07) is 60.9. The van der Waals surface area contributed by atoms with E-state index in [0.717, 1.165) is 54.1 Å². The zero-order valence-electron chi connectivity index (χ0n) is 34.1. The van der Waals surface area contributed by atoms with Crippen molar-refractivity contribution in [3.05, 3.63) is 197 Å². The van der Waals surface area contributed by atoms with Crippen molar-refractivity contribution in [2.75, 3.05) is 55.0 Å². The van der Waals surface area contributed by atoms with Crippen LogP contribution in [0.15, 0.2) is 195 Å². The smallest absolute Gasteiger partial charge is 0.282 e. The Hall–Kier alpha value is -6.68. The van der Waals surface area contributed by atoms with Gasteiger partial charge in [-0.3, -0.25) is 14.5 Å². The molecule has 1 saturated heterocycles. The van der Waals surface area contributed by atoms with E-state index in [2.05, 4.69) is 225 Å². The third-order valence-corrected chi connectivity index (χ3v) is 14.2. The SMILES string of the molecule is CN1C(=Cc2cc(=NN3CCN(c4cc(C=C5Sc6ccccc6N5C)c5ccccc5[n+]4-c4ccccc4)CC3)n(-c3ccccc3)c3ccccc23)Sc2ccccc21. The quantitative estimate of drug-likeness (QED) is 0.155. The molecule has 6 aromatic carbocycles. The first-order valence-corrected chi connectivity index (χ1v) is 22.4. The summed E-state index contributed by atoms with van der Waals surface area (Å²) >= 11 is 3.66. The van der Waals surface area contributed by atoms with Crippen molar-refractivity contribution in [3.8, 4) is 11.4 Å². The van der Waals surface area contributed by atoms with Crippen LogP contribution in [0.1, 0.15) is 11.1 Å². The van der Waals surface area contributed by atoms with E-state index in [1.54, 1.807) is 0 Å². The average Bonchev–Trinajstić information content (AvgIpc) is 3.81. The van der Waals surface area contributed by atoms with E-state index < -0.39 is 0 Å². The lowest BCUT2D eigenvalue weighted by molar-refractivity contribution is -0.554. The van der Waals surface area contributed by atoms with Crippen molar-refractivity contribution < 1.29 is 4.57 Å². The molecule has 0 spiro atoms. The van der Waals surface area contributed by atoms with Crippen LogP contribution in [0.25, 0.3) is 45.3 Å².